The molecular weight excluding hydrogens is 317 g/mol. The van der Waals surface area contributed by atoms with E-state index in [0.717, 1.165) is 17.4 Å². The zero-order valence-electron chi connectivity index (χ0n) is 12.0. The van der Waals surface area contributed by atoms with Gasteiger partial charge in [0.1, 0.15) is 10.7 Å². The Bertz CT molecular complexity index is 621. The minimum atomic E-state index is -4.59. The molecule has 1 aromatic rings. The molecule has 0 saturated carbocycles. The number of hydrogen-bond donors (Lipinski definition) is 1. The van der Waals surface area contributed by atoms with Gasteiger partial charge in [0.25, 0.3) is 0 Å². The lowest BCUT2D eigenvalue weighted by atomic mass is 9.75. The maximum Gasteiger partial charge on any atom is 0.432 e. The van der Waals surface area contributed by atoms with Gasteiger partial charge in [-0.15, -0.1) is 11.3 Å². The van der Waals surface area contributed by atoms with Gasteiger partial charge in [0, 0.05) is 11.6 Å². The Hall–Kier alpha value is -1.70. The minimum Gasteiger partial charge on any atom is -0.480 e. The van der Waals surface area contributed by atoms with E-state index in [9.17, 15) is 23.1 Å². The van der Waals surface area contributed by atoms with Crippen LogP contribution in [0.15, 0.2) is 28.2 Å². The second-order valence-electron chi connectivity index (χ2n) is 5.51. The van der Waals surface area contributed by atoms with Crippen LogP contribution in [-0.4, -0.2) is 34.5 Å². The van der Waals surface area contributed by atoms with Gasteiger partial charge in [0.2, 0.25) is 0 Å². The molecule has 8 heteroatoms. The molecular formula is C14H15F3N2O2S. The Labute approximate surface area is 129 Å². The van der Waals surface area contributed by atoms with E-state index >= 15 is 0 Å². The Balaban J connectivity index is 2.58. The maximum atomic E-state index is 12.9. The van der Waals surface area contributed by atoms with Crippen molar-refractivity contribution < 1.29 is 23.1 Å². The van der Waals surface area contributed by atoms with E-state index in [1.807, 2.05) is 13.8 Å². The van der Waals surface area contributed by atoms with Gasteiger partial charge in [-0.2, -0.15) is 13.2 Å². The normalized spacial score (nSPS) is 22.5. The fourth-order valence-electron chi connectivity index (χ4n) is 2.42. The van der Waals surface area contributed by atoms with E-state index in [1.54, 1.807) is 5.38 Å². The lowest BCUT2D eigenvalue weighted by Crippen LogP contribution is -2.45. The summed E-state index contributed by atoms with van der Waals surface area (Å²) in [6, 6.07) is 0. The lowest BCUT2D eigenvalue weighted by molar-refractivity contribution is -0.142. The van der Waals surface area contributed by atoms with Gasteiger partial charge in [-0.25, -0.2) is 4.98 Å². The number of aliphatic carboxylic acids is 1. The van der Waals surface area contributed by atoms with Crippen LogP contribution >= 0.6 is 11.3 Å². The number of allylic oxidation sites excluding steroid dienone is 1. The van der Waals surface area contributed by atoms with Crippen molar-refractivity contribution in [2.45, 2.75) is 31.9 Å². The largest absolute Gasteiger partial charge is 0.480 e. The first-order valence-electron chi connectivity index (χ1n) is 6.64. The van der Waals surface area contributed by atoms with Gasteiger partial charge >= 0.3 is 12.1 Å². The van der Waals surface area contributed by atoms with Crippen LogP contribution in [0.5, 0.6) is 0 Å². The maximum absolute atomic E-state index is 12.9. The van der Waals surface area contributed by atoms with Gasteiger partial charge in [-0.3, -0.25) is 9.79 Å². The molecule has 0 radical (unpaired) electrons. The Morgan fingerprint density at radius 2 is 2.18 bits per heavy atom. The van der Waals surface area contributed by atoms with Crippen LogP contribution in [0, 0.1) is 5.92 Å². The Kier molecular flexibility index (Phi) is 4.42. The minimum absolute atomic E-state index is 0.0116. The quantitative estimate of drug-likeness (QED) is 0.918. The highest BCUT2D eigenvalue weighted by Gasteiger charge is 2.50. The number of hydrogen-bond acceptors (Lipinski definition) is 4. The SMILES string of the molecule is CC(C)CC1=CC(C(F)(F)F)=NCC1(C(=O)O)c1nccs1. The molecule has 0 bridgehead atoms. The molecule has 1 unspecified atom stereocenters. The molecule has 1 N–H and O–H groups in total. The summed E-state index contributed by atoms with van der Waals surface area (Å²) in [5.41, 5.74) is -2.43. The van der Waals surface area contributed by atoms with Crippen LogP contribution in [0.3, 0.4) is 0 Å². The third-order valence-electron chi connectivity index (χ3n) is 3.43. The zero-order chi connectivity index (χ0) is 16.5. The van der Waals surface area contributed by atoms with Crippen LogP contribution in [0.2, 0.25) is 0 Å². The van der Waals surface area contributed by atoms with Gasteiger partial charge in [-0.05, 0) is 24.0 Å². The highest BCUT2D eigenvalue weighted by atomic mass is 32.1. The van der Waals surface area contributed by atoms with Crippen molar-refractivity contribution in [2.75, 3.05) is 6.54 Å². The molecule has 22 heavy (non-hydrogen) atoms. The molecule has 0 fully saturated rings. The molecule has 120 valence electrons. The van der Waals surface area contributed by atoms with Crippen LogP contribution in [0.1, 0.15) is 25.3 Å². The summed E-state index contributed by atoms with van der Waals surface area (Å²) in [6.45, 7) is 3.17. The van der Waals surface area contributed by atoms with Crippen LogP contribution in [-0.2, 0) is 10.2 Å². The molecule has 4 nitrogen and oxygen atoms in total. The molecule has 2 heterocycles. The van der Waals surface area contributed by atoms with Gasteiger partial charge in [-0.1, -0.05) is 13.8 Å². The number of aromatic nitrogens is 1. The molecule has 0 aromatic carbocycles. The molecule has 1 atom stereocenters. The molecule has 1 aliphatic rings. The number of carboxylic acids is 1. The number of aliphatic imine (C=N–C) groups is 1. The first kappa shape index (κ1) is 16.7. The highest BCUT2D eigenvalue weighted by molar-refractivity contribution is 7.09. The van der Waals surface area contributed by atoms with Crippen molar-refractivity contribution in [3.05, 3.63) is 28.2 Å². The van der Waals surface area contributed by atoms with Gasteiger partial charge in [0.05, 0.1) is 6.54 Å². The summed E-state index contributed by atoms with van der Waals surface area (Å²) in [5.74, 6) is -1.21. The smallest absolute Gasteiger partial charge is 0.432 e. The lowest BCUT2D eigenvalue weighted by Gasteiger charge is -2.33. The number of carbonyl (C=O) groups is 1. The fourth-order valence-corrected chi connectivity index (χ4v) is 3.28. The van der Waals surface area contributed by atoms with Crippen LogP contribution < -0.4 is 0 Å². The van der Waals surface area contributed by atoms with E-state index < -0.39 is 29.8 Å². The molecule has 1 aromatic heterocycles. The topological polar surface area (TPSA) is 62.5 Å². The van der Waals surface area contributed by atoms with Crippen molar-refractivity contribution in [2.24, 2.45) is 10.9 Å². The number of alkyl halides is 3. The summed E-state index contributed by atoms with van der Waals surface area (Å²) in [4.78, 5) is 19.4. The zero-order valence-corrected chi connectivity index (χ0v) is 12.8. The van der Waals surface area contributed by atoms with Crippen molar-refractivity contribution in [1.82, 2.24) is 4.98 Å². The van der Waals surface area contributed by atoms with Crippen molar-refractivity contribution in [3.8, 4) is 0 Å². The van der Waals surface area contributed by atoms with Crippen molar-refractivity contribution in [1.29, 1.82) is 0 Å². The Morgan fingerprint density at radius 1 is 1.50 bits per heavy atom. The summed E-state index contributed by atoms with van der Waals surface area (Å²) in [5, 5.41) is 11.6. The van der Waals surface area contributed by atoms with E-state index in [4.69, 9.17) is 0 Å². The number of rotatable bonds is 4. The number of thiazole rings is 1. The predicted octanol–water partition coefficient (Wildman–Crippen LogP) is 3.45. The van der Waals surface area contributed by atoms with Crippen molar-refractivity contribution >= 4 is 23.0 Å². The Morgan fingerprint density at radius 3 is 2.64 bits per heavy atom. The number of carboxylic acid groups (broad SMARTS) is 1. The first-order valence-corrected chi connectivity index (χ1v) is 7.52. The molecule has 1 aliphatic heterocycles. The second-order valence-corrected chi connectivity index (χ2v) is 6.41. The molecule has 2 rings (SSSR count). The monoisotopic (exact) mass is 332 g/mol. The van der Waals surface area contributed by atoms with E-state index in [0.29, 0.717) is 0 Å². The third-order valence-corrected chi connectivity index (χ3v) is 4.36. The average molecular weight is 332 g/mol. The third kappa shape index (κ3) is 2.92. The molecule has 0 amide bonds. The molecule has 0 spiro atoms. The summed E-state index contributed by atoms with van der Waals surface area (Å²) < 4.78 is 38.7. The van der Waals surface area contributed by atoms with Gasteiger partial charge in [0.15, 0.2) is 5.41 Å². The highest BCUT2D eigenvalue weighted by Crippen LogP contribution is 2.41. The molecule has 0 aliphatic carbocycles. The summed E-state index contributed by atoms with van der Waals surface area (Å²) in [7, 11) is 0. The summed E-state index contributed by atoms with van der Waals surface area (Å²) in [6.07, 6.45) is -2.03. The van der Waals surface area contributed by atoms with Crippen molar-refractivity contribution in [3.63, 3.8) is 0 Å². The fraction of sp³-hybridized carbons (Fsp3) is 0.500. The van der Waals surface area contributed by atoms with Gasteiger partial charge < -0.3 is 5.11 Å². The van der Waals surface area contributed by atoms with Crippen LogP contribution in [0.25, 0.3) is 0 Å². The summed E-state index contributed by atoms with van der Waals surface area (Å²) >= 11 is 1.11. The number of dihydropyridines is 1. The molecule has 0 saturated heterocycles. The second kappa shape index (κ2) is 5.83. The van der Waals surface area contributed by atoms with Crippen LogP contribution in [0.4, 0.5) is 13.2 Å². The first-order chi connectivity index (χ1) is 10.2. The van der Waals surface area contributed by atoms with E-state index in [1.165, 1.54) is 6.20 Å². The number of halogens is 3. The van der Waals surface area contributed by atoms with E-state index in [-0.39, 0.29) is 22.9 Å². The number of nitrogens with zero attached hydrogens (tertiary/aromatic N) is 2. The standard InChI is InChI=1S/C14H15F3N2O2S/c1-8(2)5-9-6-10(14(15,16)17)19-7-13(9,12(20)21)11-18-3-4-22-11/h3-4,6,8H,5,7H2,1-2H3,(H,20,21). The van der Waals surface area contributed by atoms with E-state index in [2.05, 4.69) is 9.98 Å². The average Bonchev–Trinajstić information content (AvgIpc) is 2.90. The predicted molar refractivity (Wildman–Crippen MR) is 77.3 cm³/mol.